The van der Waals surface area contributed by atoms with Gasteiger partial charge in [0.15, 0.2) is 0 Å². The Balaban J connectivity index is 1.68. The van der Waals surface area contributed by atoms with Crippen molar-refractivity contribution in [2.75, 3.05) is 52.4 Å². The predicted octanol–water partition coefficient (Wildman–Crippen LogP) is 0.466. The molecule has 0 unspecified atom stereocenters. The van der Waals surface area contributed by atoms with Crippen LogP contribution < -0.4 is 0 Å². The number of likely N-dealkylation sites (tertiary alicyclic amines) is 1. The van der Waals surface area contributed by atoms with Gasteiger partial charge in [-0.15, -0.1) is 0 Å². The van der Waals surface area contributed by atoms with E-state index in [0.29, 0.717) is 6.04 Å². The molecule has 0 radical (unpaired) electrons. The van der Waals surface area contributed by atoms with Gasteiger partial charge in [0.2, 0.25) is 0 Å². The Morgan fingerprint density at radius 1 is 0.909 bits per heavy atom. The van der Waals surface area contributed by atoms with Gasteiger partial charge in [0, 0.05) is 45.3 Å². The third-order valence-electron chi connectivity index (χ3n) is 5.16. The number of aliphatic hydroxyl groups is 2. The summed E-state index contributed by atoms with van der Waals surface area (Å²) in [6, 6.07) is 0.450. The molecule has 2 saturated heterocycles. The molecule has 2 N–H and O–H groups in total. The summed E-state index contributed by atoms with van der Waals surface area (Å²) in [4.78, 5) is 7.14. The molecule has 130 valence electrons. The molecule has 0 aromatic rings. The quantitative estimate of drug-likeness (QED) is 0.746. The summed E-state index contributed by atoms with van der Waals surface area (Å²) in [7, 11) is 0. The Hall–Kier alpha value is -0.200. The number of piperidine rings is 1. The molecular formula is C17H35N3O2. The molecule has 0 spiro atoms. The second kappa shape index (κ2) is 8.60. The monoisotopic (exact) mass is 313 g/mol. The number of piperazine rings is 1. The van der Waals surface area contributed by atoms with Crippen LogP contribution in [0.15, 0.2) is 0 Å². The fraction of sp³-hybridized carbons (Fsp3) is 1.00. The summed E-state index contributed by atoms with van der Waals surface area (Å²) in [5, 5.41) is 19.9. The standard InChI is InChI=1S/C17H35N3O2/c1-14-4-6-18(7-5-14)12-17(22)13-19-8-9-20(11-16(3)21)15(2)10-19/h14-17,21-22H,4-13H2,1-3H3/t15-,16-,17-/m0/s1. The van der Waals surface area contributed by atoms with Crippen LogP contribution in [0.3, 0.4) is 0 Å². The summed E-state index contributed by atoms with van der Waals surface area (Å²) in [6.07, 6.45) is 2.02. The lowest BCUT2D eigenvalue weighted by Gasteiger charge is -2.41. The van der Waals surface area contributed by atoms with E-state index in [1.165, 1.54) is 12.8 Å². The van der Waals surface area contributed by atoms with Gasteiger partial charge in [0.05, 0.1) is 12.2 Å². The summed E-state index contributed by atoms with van der Waals surface area (Å²) in [5.41, 5.74) is 0. The van der Waals surface area contributed by atoms with E-state index in [9.17, 15) is 10.2 Å². The molecule has 0 aromatic heterocycles. The Kier molecular flexibility index (Phi) is 7.09. The van der Waals surface area contributed by atoms with Crippen molar-refractivity contribution in [1.29, 1.82) is 0 Å². The van der Waals surface area contributed by atoms with Gasteiger partial charge in [0.25, 0.3) is 0 Å². The molecule has 0 aliphatic carbocycles. The van der Waals surface area contributed by atoms with Crippen molar-refractivity contribution < 1.29 is 10.2 Å². The molecule has 2 aliphatic heterocycles. The molecule has 5 nitrogen and oxygen atoms in total. The first-order valence-electron chi connectivity index (χ1n) is 8.99. The number of rotatable bonds is 6. The predicted molar refractivity (Wildman–Crippen MR) is 90.0 cm³/mol. The first kappa shape index (κ1) is 18.1. The molecule has 0 bridgehead atoms. The second-order valence-electron chi connectivity index (χ2n) is 7.59. The molecule has 0 saturated carbocycles. The highest BCUT2D eigenvalue weighted by Gasteiger charge is 2.26. The van der Waals surface area contributed by atoms with Gasteiger partial charge < -0.3 is 15.1 Å². The lowest BCUT2D eigenvalue weighted by molar-refractivity contribution is 0.0132. The Bertz CT molecular complexity index is 319. The van der Waals surface area contributed by atoms with Gasteiger partial charge in [-0.05, 0) is 45.7 Å². The molecule has 2 aliphatic rings. The molecule has 2 fully saturated rings. The van der Waals surface area contributed by atoms with E-state index in [4.69, 9.17) is 0 Å². The largest absolute Gasteiger partial charge is 0.392 e. The van der Waals surface area contributed by atoms with E-state index in [2.05, 4.69) is 28.5 Å². The molecule has 0 aromatic carbocycles. The summed E-state index contributed by atoms with van der Waals surface area (Å²) in [5.74, 6) is 0.844. The lowest BCUT2D eigenvalue weighted by Crippen LogP contribution is -2.55. The Morgan fingerprint density at radius 3 is 2.14 bits per heavy atom. The van der Waals surface area contributed by atoms with Crippen LogP contribution in [0, 0.1) is 5.92 Å². The normalized spacial score (nSPS) is 29.6. The van der Waals surface area contributed by atoms with E-state index < -0.39 is 0 Å². The molecule has 0 amide bonds. The molecule has 2 heterocycles. The second-order valence-corrected chi connectivity index (χ2v) is 7.59. The lowest BCUT2D eigenvalue weighted by atomic mass is 9.99. The van der Waals surface area contributed by atoms with Gasteiger partial charge in [-0.1, -0.05) is 6.92 Å². The first-order chi connectivity index (χ1) is 10.4. The summed E-state index contributed by atoms with van der Waals surface area (Å²) >= 11 is 0. The highest BCUT2D eigenvalue weighted by Crippen LogP contribution is 2.16. The molecule has 3 atom stereocenters. The maximum Gasteiger partial charge on any atom is 0.0793 e. The van der Waals surface area contributed by atoms with Crippen LogP contribution in [0.25, 0.3) is 0 Å². The zero-order chi connectivity index (χ0) is 16.1. The third kappa shape index (κ3) is 5.78. The first-order valence-corrected chi connectivity index (χ1v) is 8.99. The molecule has 5 heteroatoms. The highest BCUT2D eigenvalue weighted by molar-refractivity contribution is 4.82. The fourth-order valence-corrected chi connectivity index (χ4v) is 3.75. The minimum absolute atomic E-state index is 0.246. The van der Waals surface area contributed by atoms with Gasteiger partial charge in [-0.25, -0.2) is 0 Å². The summed E-state index contributed by atoms with van der Waals surface area (Å²) in [6.45, 7) is 14.0. The zero-order valence-corrected chi connectivity index (χ0v) is 14.6. The SMILES string of the molecule is CC1CCN(C[C@H](O)CN2CCN(C[C@H](C)O)[C@@H](C)C2)CC1. The van der Waals surface area contributed by atoms with Crippen molar-refractivity contribution in [3.8, 4) is 0 Å². The van der Waals surface area contributed by atoms with E-state index in [1.807, 2.05) is 6.92 Å². The van der Waals surface area contributed by atoms with E-state index in [-0.39, 0.29) is 12.2 Å². The van der Waals surface area contributed by atoms with Crippen molar-refractivity contribution in [1.82, 2.24) is 14.7 Å². The molecular weight excluding hydrogens is 278 g/mol. The van der Waals surface area contributed by atoms with Crippen molar-refractivity contribution in [3.63, 3.8) is 0 Å². The minimum atomic E-state index is -0.263. The number of hydrogen-bond acceptors (Lipinski definition) is 5. The summed E-state index contributed by atoms with van der Waals surface area (Å²) < 4.78 is 0. The zero-order valence-electron chi connectivity index (χ0n) is 14.6. The maximum atomic E-state index is 10.4. The number of β-amino-alcohol motifs (C(OH)–C–C–N with tert-alkyl or cyclic N) is 2. The number of aliphatic hydroxyl groups excluding tert-OH is 2. The fourth-order valence-electron chi connectivity index (χ4n) is 3.75. The van der Waals surface area contributed by atoms with Gasteiger partial charge in [-0.2, -0.15) is 0 Å². The van der Waals surface area contributed by atoms with Crippen molar-refractivity contribution in [2.24, 2.45) is 5.92 Å². The number of hydrogen-bond donors (Lipinski definition) is 2. The minimum Gasteiger partial charge on any atom is -0.392 e. The van der Waals surface area contributed by atoms with Gasteiger partial charge in [0.1, 0.15) is 0 Å². The van der Waals surface area contributed by atoms with E-state index in [0.717, 1.165) is 58.3 Å². The smallest absolute Gasteiger partial charge is 0.0793 e. The van der Waals surface area contributed by atoms with Crippen molar-refractivity contribution >= 4 is 0 Å². The number of nitrogens with zero attached hydrogens (tertiary/aromatic N) is 3. The van der Waals surface area contributed by atoms with Crippen LogP contribution in [0.1, 0.15) is 33.6 Å². The third-order valence-corrected chi connectivity index (χ3v) is 5.16. The maximum absolute atomic E-state index is 10.4. The highest BCUT2D eigenvalue weighted by atomic mass is 16.3. The topological polar surface area (TPSA) is 50.2 Å². The average molecular weight is 313 g/mol. The van der Waals surface area contributed by atoms with Gasteiger partial charge >= 0.3 is 0 Å². The van der Waals surface area contributed by atoms with Crippen LogP contribution in [0.4, 0.5) is 0 Å². The van der Waals surface area contributed by atoms with E-state index >= 15 is 0 Å². The van der Waals surface area contributed by atoms with Gasteiger partial charge in [-0.3, -0.25) is 9.80 Å². The van der Waals surface area contributed by atoms with Crippen LogP contribution in [-0.4, -0.2) is 95.5 Å². The van der Waals surface area contributed by atoms with Crippen LogP contribution in [-0.2, 0) is 0 Å². The molecule has 22 heavy (non-hydrogen) atoms. The average Bonchev–Trinajstić information content (AvgIpc) is 2.44. The molecule has 2 rings (SSSR count). The Labute approximate surface area is 135 Å². The van der Waals surface area contributed by atoms with Crippen molar-refractivity contribution in [2.45, 2.75) is 51.9 Å². The van der Waals surface area contributed by atoms with Crippen molar-refractivity contribution in [3.05, 3.63) is 0 Å². The van der Waals surface area contributed by atoms with Crippen LogP contribution in [0.5, 0.6) is 0 Å². The van der Waals surface area contributed by atoms with E-state index in [1.54, 1.807) is 0 Å². The Morgan fingerprint density at radius 2 is 1.55 bits per heavy atom. The van der Waals surface area contributed by atoms with Crippen LogP contribution >= 0.6 is 0 Å². The van der Waals surface area contributed by atoms with Crippen LogP contribution in [0.2, 0.25) is 0 Å².